The van der Waals surface area contributed by atoms with E-state index >= 15 is 0 Å². The SMILES string of the molecule is CCNC(=O)[C@@H]1CCN(Cc2ccc(OCc3ccccc3)cc2)C1. The van der Waals surface area contributed by atoms with Gasteiger partial charge in [-0.1, -0.05) is 42.5 Å². The largest absolute Gasteiger partial charge is 0.489 e. The summed E-state index contributed by atoms with van der Waals surface area (Å²) in [5.74, 6) is 1.21. The summed E-state index contributed by atoms with van der Waals surface area (Å²) in [5, 5.41) is 2.92. The fourth-order valence-corrected chi connectivity index (χ4v) is 3.20. The summed E-state index contributed by atoms with van der Waals surface area (Å²) in [4.78, 5) is 14.3. The Morgan fingerprint density at radius 1 is 1.12 bits per heavy atom. The average molecular weight is 338 g/mol. The molecule has 1 saturated heterocycles. The molecule has 0 aromatic heterocycles. The van der Waals surface area contributed by atoms with Gasteiger partial charge in [-0.25, -0.2) is 0 Å². The summed E-state index contributed by atoms with van der Waals surface area (Å²) in [6.45, 7) is 5.97. The van der Waals surface area contributed by atoms with Crippen molar-refractivity contribution in [3.05, 3.63) is 65.7 Å². The first kappa shape index (κ1) is 17.5. The van der Waals surface area contributed by atoms with Crippen molar-refractivity contribution in [2.45, 2.75) is 26.5 Å². The number of amides is 1. The number of likely N-dealkylation sites (tertiary alicyclic amines) is 1. The second-order valence-corrected chi connectivity index (χ2v) is 6.53. The van der Waals surface area contributed by atoms with Crippen LogP contribution < -0.4 is 10.1 Å². The van der Waals surface area contributed by atoms with Crippen LogP contribution in [0.2, 0.25) is 0 Å². The lowest BCUT2D eigenvalue weighted by atomic mass is 10.1. The third-order valence-corrected chi connectivity index (χ3v) is 4.57. The molecule has 4 heteroatoms. The highest BCUT2D eigenvalue weighted by atomic mass is 16.5. The van der Waals surface area contributed by atoms with Gasteiger partial charge in [-0.3, -0.25) is 9.69 Å². The Balaban J connectivity index is 1.47. The van der Waals surface area contributed by atoms with E-state index in [9.17, 15) is 4.79 Å². The summed E-state index contributed by atoms with van der Waals surface area (Å²) < 4.78 is 5.83. The lowest BCUT2D eigenvalue weighted by Crippen LogP contribution is -2.32. The monoisotopic (exact) mass is 338 g/mol. The molecule has 2 aromatic carbocycles. The van der Waals surface area contributed by atoms with Gasteiger partial charge in [0, 0.05) is 19.6 Å². The minimum Gasteiger partial charge on any atom is -0.489 e. The summed E-state index contributed by atoms with van der Waals surface area (Å²) in [6, 6.07) is 18.4. The van der Waals surface area contributed by atoms with Gasteiger partial charge in [0.25, 0.3) is 0 Å². The maximum absolute atomic E-state index is 11.9. The molecular weight excluding hydrogens is 312 g/mol. The standard InChI is InChI=1S/C21H26N2O2/c1-2-22-21(24)19-12-13-23(15-19)14-17-8-10-20(11-9-17)25-16-18-6-4-3-5-7-18/h3-11,19H,2,12-16H2,1H3,(H,22,24)/t19-/m1/s1. The van der Waals surface area contributed by atoms with E-state index in [0.29, 0.717) is 13.2 Å². The number of rotatable bonds is 7. The van der Waals surface area contributed by atoms with Crippen LogP contribution in [0.3, 0.4) is 0 Å². The van der Waals surface area contributed by atoms with Crippen molar-refractivity contribution in [3.63, 3.8) is 0 Å². The molecule has 3 rings (SSSR count). The number of nitrogens with zero attached hydrogens (tertiary/aromatic N) is 1. The quantitative estimate of drug-likeness (QED) is 0.843. The van der Waals surface area contributed by atoms with E-state index in [4.69, 9.17) is 4.74 Å². The van der Waals surface area contributed by atoms with Gasteiger partial charge in [-0.05, 0) is 43.1 Å². The van der Waals surface area contributed by atoms with Gasteiger partial charge >= 0.3 is 0 Å². The molecule has 1 N–H and O–H groups in total. The molecule has 4 nitrogen and oxygen atoms in total. The third kappa shape index (κ3) is 5.07. The Hall–Kier alpha value is -2.33. The lowest BCUT2D eigenvalue weighted by molar-refractivity contribution is -0.124. The molecular formula is C21H26N2O2. The predicted molar refractivity (Wildman–Crippen MR) is 99.3 cm³/mol. The first-order valence-electron chi connectivity index (χ1n) is 9.00. The Morgan fingerprint density at radius 2 is 1.88 bits per heavy atom. The van der Waals surface area contributed by atoms with Crippen LogP contribution in [-0.2, 0) is 17.9 Å². The lowest BCUT2D eigenvalue weighted by Gasteiger charge is -2.16. The van der Waals surface area contributed by atoms with Crippen LogP contribution in [-0.4, -0.2) is 30.4 Å². The van der Waals surface area contributed by atoms with E-state index in [1.54, 1.807) is 0 Å². The summed E-state index contributed by atoms with van der Waals surface area (Å²) in [7, 11) is 0. The number of ether oxygens (including phenoxy) is 1. The average Bonchev–Trinajstić information content (AvgIpc) is 3.11. The Kier molecular flexibility index (Phi) is 6.07. The first-order chi connectivity index (χ1) is 12.2. The van der Waals surface area contributed by atoms with Crippen LogP contribution in [0.15, 0.2) is 54.6 Å². The van der Waals surface area contributed by atoms with Crippen LogP contribution >= 0.6 is 0 Å². The number of hydrogen-bond donors (Lipinski definition) is 1. The molecule has 25 heavy (non-hydrogen) atoms. The molecule has 1 atom stereocenters. The Morgan fingerprint density at radius 3 is 2.60 bits per heavy atom. The summed E-state index contributed by atoms with van der Waals surface area (Å²) in [5.41, 5.74) is 2.42. The number of benzene rings is 2. The molecule has 132 valence electrons. The maximum Gasteiger partial charge on any atom is 0.224 e. The second-order valence-electron chi connectivity index (χ2n) is 6.53. The highest BCUT2D eigenvalue weighted by Gasteiger charge is 2.27. The van der Waals surface area contributed by atoms with Gasteiger partial charge < -0.3 is 10.1 Å². The van der Waals surface area contributed by atoms with Crippen molar-refractivity contribution in [2.24, 2.45) is 5.92 Å². The van der Waals surface area contributed by atoms with E-state index in [2.05, 4.69) is 34.5 Å². The Bertz CT molecular complexity index is 670. The molecule has 0 unspecified atom stereocenters. The van der Waals surface area contributed by atoms with Crippen LogP contribution in [0.4, 0.5) is 0 Å². The van der Waals surface area contributed by atoms with Gasteiger partial charge in [0.1, 0.15) is 12.4 Å². The molecule has 1 aliphatic heterocycles. The molecule has 0 saturated carbocycles. The van der Waals surface area contributed by atoms with Crippen LogP contribution in [0.1, 0.15) is 24.5 Å². The van der Waals surface area contributed by atoms with Gasteiger partial charge in [0.15, 0.2) is 0 Å². The molecule has 2 aromatic rings. The highest BCUT2D eigenvalue weighted by molar-refractivity contribution is 5.79. The van der Waals surface area contributed by atoms with Crippen molar-refractivity contribution in [2.75, 3.05) is 19.6 Å². The van der Waals surface area contributed by atoms with Crippen LogP contribution in [0, 0.1) is 5.92 Å². The van der Waals surface area contributed by atoms with E-state index in [-0.39, 0.29) is 11.8 Å². The van der Waals surface area contributed by atoms with E-state index < -0.39 is 0 Å². The van der Waals surface area contributed by atoms with Crippen LogP contribution in [0.25, 0.3) is 0 Å². The minimum absolute atomic E-state index is 0.133. The van der Waals surface area contributed by atoms with Gasteiger partial charge in [0.05, 0.1) is 5.92 Å². The fraction of sp³-hybridized carbons (Fsp3) is 0.381. The summed E-state index contributed by atoms with van der Waals surface area (Å²) in [6.07, 6.45) is 0.949. The number of hydrogen-bond acceptors (Lipinski definition) is 3. The molecule has 0 spiro atoms. The van der Waals surface area contributed by atoms with Crippen molar-refractivity contribution in [3.8, 4) is 5.75 Å². The number of carbonyl (C=O) groups excluding carboxylic acids is 1. The molecule has 1 fully saturated rings. The van der Waals surface area contributed by atoms with Crippen molar-refractivity contribution >= 4 is 5.91 Å². The highest BCUT2D eigenvalue weighted by Crippen LogP contribution is 2.20. The zero-order valence-electron chi connectivity index (χ0n) is 14.8. The van der Waals surface area contributed by atoms with Crippen molar-refractivity contribution < 1.29 is 9.53 Å². The number of carbonyl (C=O) groups is 1. The van der Waals surface area contributed by atoms with Crippen LogP contribution in [0.5, 0.6) is 5.75 Å². The molecule has 1 heterocycles. The normalized spacial score (nSPS) is 17.4. The predicted octanol–water partition coefficient (Wildman–Crippen LogP) is 3.22. The zero-order valence-corrected chi connectivity index (χ0v) is 14.8. The zero-order chi connectivity index (χ0) is 17.5. The summed E-state index contributed by atoms with van der Waals surface area (Å²) >= 11 is 0. The fourth-order valence-electron chi connectivity index (χ4n) is 3.20. The van der Waals surface area contributed by atoms with Gasteiger partial charge in [0.2, 0.25) is 5.91 Å². The van der Waals surface area contributed by atoms with E-state index in [1.165, 1.54) is 11.1 Å². The maximum atomic E-state index is 11.9. The molecule has 0 radical (unpaired) electrons. The second kappa shape index (κ2) is 8.67. The van der Waals surface area contributed by atoms with Crippen molar-refractivity contribution in [1.82, 2.24) is 10.2 Å². The molecule has 1 aliphatic rings. The van der Waals surface area contributed by atoms with Crippen molar-refractivity contribution in [1.29, 1.82) is 0 Å². The smallest absolute Gasteiger partial charge is 0.224 e. The molecule has 0 aliphatic carbocycles. The Labute approximate surface area is 149 Å². The molecule has 1 amide bonds. The van der Waals surface area contributed by atoms with E-state index in [0.717, 1.165) is 31.8 Å². The van der Waals surface area contributed by atoms with E-state index in [1.807, 2.05) is 37.3 Å². The topological polar surface area (TPSA) is 41.6 Å². The first-order valence-corrected chi connectivity index (χ1v) is 9.00. The van der Waals surface area contributed by atoms with Gasteiger partial charge in [-0.15, -0.1) is 0 Å². The van der Waals surface area contributed by atoms with Gasteiger partial charge in [-0.2, -0.15) is 0 Å². The minimum atomic E-state index is 0.133. The molecule has 0 bridgehead atoms. The number of nitrogens with one attached hydrogen (secondary N) is 1. The third-order valence-electron chi connectivity index (χ3n) is 4.57.